The largest absolute Gasteiger partial charge is 0.508 e. The number of amides is 1. The molecule has 1 aromatic heterocycles. The molecule has 232 valence electrons. The van der Waals surface area contributed by atoms with Crippen LogP contribution in [0.25, 0.3) is 0 Å². The minimum atomic E-state index is -0.820. The van der Waals surface area contributed by atoms with Gasteiger partial charge in [-0.05, 0) is 12.8 Å². The number of hydrogen-bond acceptors (Lipinski definition) is 7. The minimum Gasteiger partial charge on any atom is -0.446 e. The Hall–Kier alpha value is -1.87. The van der Waals surface area contributed by atoms with Crippen molar-refractivity contribution < 1.29 is 33.1 Å². The summed E-state index contributed by atoms with van der Waals surface area (Å²) >= 11 is 1.67. The molecule has 1 atom stereocenters. The van der Waals surface area contributed by atoms with Gasteiger partial charge in [0.1, 0.15) is 13.2 Å². The highest BCUT2D eigenvalue weighted by Gasteiger charge is 2.18. The molecule has 0 aromatic carbocycles. The molecule has 0 radical (unpaired) electrons. The summed E-state index contributed by atoms with van der Waals surface area (Å²) in [5, 5.41) is 4.82. The zero-order valence-electron chi connectivity index (χ0n) is 25.4. The summed E-state index contributed by atoms with van der Waals surface area (Å²) in [5.41, 5.74) is 2.07. The van der Waals surface area contributed by atoms with Gasteiger partial charge in [0, 0.05) is 19.6 Å². The number of carbonyl (C=O) groups excluding carboxylic acids is 2. The fourth-order valence-electron chi connectivity index (χ4n) is 4.49. The molecule has 0 spiro atoms. The van der Waals surface area contributed by atoms with Gasteiger partial charge in [-0.3, -0.25) is 0 Å². The number of rotatable bonds is 27. The molecule has 0 saturated carbocycles. The molecular weight excluding hydrogens is 528 g/mol. The van der Waals surface area contributed by atoms with E-state index in [0.717, 1.165) is 32.2 Å². The molecular formula is C31H57N2O6S+. The van der Waals surface area contributed by atoms with Crippen LogP contribution in [0, 0.1) is 0 Å². The normalized spacial score (nSPS) is 11.8. The predicted octanol–water partition coefficient (Wildman–Crippen LogP) is 7.97. The summed E-state index contributed by atoms with van der Waals surface area (Å²) in [5.74, 6) is 0. The molecule has 0 saturated heterocycles. The number of nitrogens with one attached hydrogen (secondary N) is 1. The van der Waals surface area contributed by atoms with Gasteiger partial charge in [-0.2, -0.15) is 4.57 Å². The van der Waals surface area contributed by atoms with E-state index in [1.807, 2.05) is 5.38 Å². The third-order valence-corrected chi connectivity index (χ3v) is 7.59. The van der Waals surface area contributed by atoms with Crippen LogP contribution in [0.2, 0.25) is 0 Å². The van der Waals surface area contributed by atoms with Crippen LogP contribution in [0.4, 0.5) is 9.59 Å². The van der Waals surface area contributed by atoms with Crippen molar-refractivity contribution >= 4 is 23.6 Å². The zero-order valence-corrected chi connectivity index (χ0v) is 26.2. The van der Waals surface area contributed by atoms with E-state index in [-0.39, 0.29) is 13.2 Å². The Morgan fingerprint density at radius 2 is 1.40 bits per heavy atom. The number of aryl methyl sites for hydroxylation is 1. The van der Waals surface area contributed by atoms with Crippen molar-refractivity contribution in [3.8, 4) is 0 Å². The average Bonchev–Trinajstić information content (AvgIpc) is 3.48. The quantitative estimate of drug-likeness (QED) is 0.0640. The SMILES string of the molecule is CCCCCCCCCCCCCCCCCCNC(=O)OC[C@@H](COCCCC[n+]1ccsc1)OC(=O)OC. The first-order chi connectivity index (χ1) is 19.7. The summed E-state index contributed by atoms with van der Waals surface area (Å²) in [6.07, 6.45) is 23.0. The molecule has 40 heavy (non-hydrogen) atoms. The number of aromatic nitrogens is 1. The smallest absolute Gasteiger partial charge is 0.446 e. The van der Waals surface area contributed by atoms with Crippen molar-refractivity contribution in [3.63, 3.8) is 0 Å². The zero-order chi connectivity index (χ0) is 28.9. The van der Waals surface area contributed by atoms with Gasteiger partial charge < -0.3 is 24.3 Å². The number of nitrogens with zero attached hydrogens (tertiary/aromatic N) is 1. The van der Waals surface area contributed by atoms with E-state index in [2.05, 4.69) is 33.3 Å². The Morgan fingerprint density at radius 3 is 1.95 bits per heavy atom. The molecule has 1 rings (SSSR count). The summed E-state index contributed by atoms with van der Waals surface area (Å²) in [6.45, 7) is 4.40. The predicted molar refractivity (Wildman–Crippen MR) is 161 cm³/mol. The van der Waals surface area contributed by atoms with Gasteiger partial charge in [0.05, 0.1) is 19.1 Å². The molecule has 1 heterocycles. The van der Waals surface area contributed by atoms with E-state index < -0.39 is 18.4 Å². The Bertz CT molecular complexity index is 704. The average molecular weight is 586 g/mol. The van der Waals surface area contributed by atoms with E-state index in [1.54, 1.807) is 11.3 Å². The van der Waals surface area contributed by atoms with Crippen molar-refractivity contribution in [2.75, 3.05) is 33.5 Å². The lowest BCUT2D eigenvalue weighted by Gasteiger charge is -2.17. The first-order valence-corrected chi connectivity index (χ1v) is 16.7. The van der Waals surface area contributed by atoms with Crippen LogP contribution in [0.1, 0.15) is 122 Å². The number of ether oxygens (including phenoxy) is 4. The Labute approximate surface area is 247 Å². The van der Waals surface area contributed by atoms with Crippen molar-refractivity contribution in [3.05, 3.63) is 17.1 Å². The van der Waals surface area contributed by atoms with Crippen molar-refractivity contribution in [1.29, 1.82) is 0 Å². The number of unbranched alkanes of at least 4 members (excludes halogenated alkanes) is 16. The van der Waals surface area contributed by atoms with Crippen LogP contribution in [-0.2, 0) is 25.5 Å². The molecule has 0 aliphatic rings. The minimum absolute atomic E-state index is 0.0787. The second-order valence-corrected chi connectivity index (χ2v) is 11.3. The summed E-state index contributed by atoms with van der Waals surface area (Å²) in [4.78, 5) is 23.6. The van der Waals surface area contributed by atoms with E-state index in [0.29, 0.717) is 13.2 Å². The van der Waals surface area contributed by atoms with Crippen molar-refractivity contribution in [2.45, 2.75) is 135 Å². The van der Waals surface area contributed by atoms with Crippen LogP contribution in [0.3, 0.4) is 0 Å². The first-order valence-electron chi connectivity index (χ1n) is 15.8. The van der Waals surface area contributed by atoms with Gasteiger partial charge in [-0.15, -0.1) is 0 Å². The molecule has 0 aliphatic carbocycles. The van der Waals surface area contributed by atoms with Crippen LogP contribution < -0.4 is 9.88 Å². The maximum absolute atomic E-state index is 12.0. The van der Waals surface area contributed by atoms with E-state index >= 15 is 0 Å². The highest BCUT2D eigenvalue weighted by atomic mass is 32.1. The van der Waals surface area contributed by atoms with E-state index in [1.165, 1.54) is 97.0 Å². The highest BCUT2D eigenvalue weighted by Crippen LogP contribution is 2.13. The standard InChI is InChI=1S/C31H56N2O6S/c1-3-4-5-6-7-8-9-10-11-12-13-14-15-16-17-18-21-32-30(34)38-27-29(39-31(35)36-2)26-37-24-20-19-22-33-23-25-40-28-33/h23,25,28-29H,3-22,24,26-27H2,1-2H3/p+1/t29-/m1/s1. The van der Waals surface area contributed by atoms with Gasteiger partial charge in [0.15, 0.2) is 12.3 Å². The van der Waals surface area contributed by atoms with Gasteiger partial charge in [-0.1, -0.05) is 115 Å². The lowest BCUT2D eigenvalue weighted by molar-refractivity contribution is -0.692. The molecule has 8 nitrogen and oxygen atoms in total. The van der Waals surface area contributed by atoms with Crippen LogP contribution >= 0.6 is 11.3 Å². The fourth-order valence-corrected chi connectivity index (χ4v) is 5.11. The Balaban J connectivity index is 1.95. The maximum atomic E-state index is 12.0. The monoisotopic (exact) mass is 585 g/mol. The summed E-state index contributed by atoms with van der Waals surface area (Å²) < 4.78 is 22.7. The second-order valence-electron chi connectivity index (χ2n) is 10.6. The van der Waals surface area contributed by atoms with E-state index in [4.69, 9.17) is 14.2 Å². The third-order valence-electron chi connectivity index (χ3n) is 6.92. The van der Waals surface area contributed by atoms with Crippen molar-refractivity contribution in [1.82, 2.24) is 5.32 Å². The van der Waals surface area contributed by atoms with Gasteiger partial charge in [-0.25, -0.2) is 9.59 Å². The van der Waals surface area contributed by atoms with Crippen molar-refractivity contribution in [2.24, 2.45) is 0 Å². The van der Waals surface area contributed by atoms with Gasteiger partial charge >= 0.3 is 12.2 Å². The van der Waals surface area contributed by atoms with E-state index in [9.17, 15) is 9.59 Å². The Morgan fingerprint density at radius 1 is 0.800 bits per heavy atom. The topological polar surface area (TPSA) is 87.0 Å². The third kappa shape index (κ3) is 22.9. The number of hydrogen-bond donors (Lipinski definition) is 1. The lowest BCUT2D eigenvalue weighted by Crippen LogP contribution is -2.33. The fraction of sp³-hybridized carbons (Fsp3) is 0.839. The number of thiazole rings is 1. The van der Waals surface area contributed by atoms with Crippen LogP contribution in [-0.4, -0.2) is 51.8 Å². The van der Waals surface area contributed by atoms with Gasteiger partial charge in [0.2, 0.25) is 5.51 Å². The summed E-state index contributed by atoms with van der Waals surface area (Å²) in [6, 6.07) is 0. The van der Waals surface area contributed by atoms with Crippen LogP contribution in [0.15, 0.2) is 17.1 Å². The molecule has 1 aromatic rings. The highest BCUT2D eigenvalue weighted by molar-refractivity contribution is 7.07. The number of methoxy groups -OCH3 is 1. The molecule has 9 heteroatoms. The van der Waals surface area contributed by atoms with Crippen LogP contribution in [0.5, 0.6) is 0 Å². The molecule has 0 aliphatic heterocycles. The second kappa shape index (κ2) is 27.3. The molecule has 1 amide bonds. The molecule has 0 bridgehead atoms. The number of carbonyl (C=O) groups is 2. The molecule has 0 fully saturated rings. The lowest BCUT2D eigenvalue weighted by atomic mass is 10.0. The maximum Gasteiger partial charge on any atom is 0.508 e. The Kier molecular flexibility index (Phi) is 24.7. The summed E-state index contributed by atoms with van der Waals surface area (Å²) in [7, 11) is 1.24. The first kappa shape index (κ1) is 36.2. The number of alkyl carbamates (subject to hydrolysis) is 1. The van der Waals surface area contributed by atoms with Gasteiger partial charge in [0.25, 0.3) is 0 Å². The molecule has 0 unspecified atom stereocenters. The molecule has 1 N–H and O–H groups in total.